The molecule has 0 radical (unpaired) electrons. The Morgan fingerprint density at radius 2 is 2.20 bits per heavy atom. The minimum absolute atomic E-state index is 0.253. The molecule has 20 heavy (non-hydrogen) atoms. The van der Waals surface area contributed by atoms with Gasteiger partial charge in [-0.25, -0.2) is 4.79 Å². The van der Waals surface area contributed by atoms with E-state index < -0.39 is 11.7 Å². The van der Waals surface area contributed by atoms with Gasteiger partial charge in [-0.15, -0.1) is 0 Å². The molecule has 1 amide bonds. The molecule has 1 aliphatic carbocycles. The Balaban J connectivity index is 1.84. The van der Waals surface area contributed by atoms with Gasteiger partial charge < -0.3 is 15.2 Å². The van der Waals surface area contributed by atoms with E-state index in [0.29, 0.717) is 17.5 Å². The lowest BCUT2D eigenvalue weighted by molar-refractivity contribution is 0.0525. The first-order valence-electron chi connectivity index (χ1n) is 6.71. The van der Waals surface area contributed by atoms with Gasteiger partial charge in [0.25, 0.3) is 0 Å². The van der Waals surface area contributed by atoms with Gasteiger partial charge in [-0.2, -0.15) is 0 Å². The quantitative estimate of drug-likeness (QED) is 0.895. The second kappa shape index (κ2) is 5.52. The fourth-order valence-corrected chi connectivity index (χ4v) is 2.39. The fraction of sp³-hybridized carbons (Fsp3) is 0.533. The molecule has 4 nitrogen and oxygen atoms in total. The number of hydrogen-bond donors (Lipinski definition) is 2. The number of benzene rings is 1. The number of hydrogen-bond acceptors (Lipinski definition) is 3. The summed E-state index contributed by atoms with van der Waals surface area (Å²) in [4.78, 5) is 11.6. The van der Waals surface area contributed by atoms with Crippen LogP contribution >= 0.6 is 11.6 Å². The molecule has 1 aliphatic rings. The molecule has 0 bridgehead atoms. The van der Waals surface area contributed by atoms with Crippen LogP contribution in [0.5, 0.6) is 5.75 Å². The molecule has 1 aromatic rings. The molecule has 1 saturated carbocycles. The van der Waals surface area contributed by atoms with Crippen LogP contribution in [0.4, 0.5) is 4.79 Å². The predicted molar refractivity (Wildman–Crippen MR) is 78.2 cm³/mol. The zero-order chi connectivity index (χ0) is 14.9. The summed E-state index contributed by atoms with van der Waals surface area (Å²) < 4.78 is 5.18. The Morgan fingerprint density at radius 1 is 1.50 bits per heavy atom. The summed E-state index contributed by atoms with van der Waals surface area (Å²) in [7, 11) is 0. The third kappa shape index (κ3) is 4.04. The Kier molecular flexibility index (Phi) is 4.14. The second-order valence-corrected chi connectivity index (χ2v) is 6.62. The van der Waals surface area contributed by atoms with Crippen molar-refractivity contribution < 1.29 is 14.6 Å². The molecule has 0 spiro atoms. The van der Waals surface area contributed by atoms with Crippen LogP contribution in [-0.4, -0.2) is 23.3 Å². The molecule has 0 aliphatic heterocycles. The largest absolute Gasteiger partial charge is 0.508 e. The van der Waals surface area contributed by atoms with Crippen LogP contribution in [0.15, 0.2) is 18.2 Å². The number of aromatic hydroxyl groups is 1. The van der Waals surface area contributed by atoms with Crippen LogP contribution < -0.4 is 5.32 Å². The van der Waals surface area contributed by atoms with Crippen molar-refractivity contribution in [3.63, 3.8) is 0 Å². The molecule has 2 atom stereocenters. The van der Waals surface area contributed by atoms with E-state index in [4.69, 9.17) is 16.3 Å². The highest BCUT2D eigenvalue weighted by Gasteiger charge is 2.40. The van der Waals surface area contributed by atoms with Crippen molar-refractivity contribution in [2.24, 2.45) is 5.92 Å². The molecular weight excluding hydrogens is 278 g/mol. The van der Waals surface area contributed by atoms with E-state index >= 15 is 0 Å². The topological polar surface area (TPSA) is 58.6 Å². The lowest BCUT2D eigenvalue weighted by atomic mass is 10.1. The van der Waals surface area contributed by atoms with Crippen molar-refractivity contribution in [2.75, 3.05) is 6.54 Å². The Hall–Kier alpha value is -1.42. The molecule has 110 valence electrons. The van der Waals surface area contributed by atoms with Gasteiger partial charge in [0.15, 0.2) is 0 Å². The summed E-state index contributed by atoms with van der Waals surface area (Å²) in [6.45, 7) is 6.04. The molecule has 0 aromatic heterocycles. The number of phenols is 1. The van der Waals surface area contributed by atoms with Gasteiger partial charge in [0.1, 0.15) is 11.4 Å². The summed E-state index contributed by atoms with van der Waals surface area (Å²) in [5.41, 5.74) is 0.367. The maximum Gasteiger partial charge on any atom is 0.407 e. The average molecular weight is 298 g/mol. The Morgan fingerprint density at radius 3 is 2.85 bits per heavy atom. The lowest BCUT2D eigenvalue weighted by Crippen LogP contribution is -2.33. The zero-order valence-corrected chi connectivity index (χ0v) is 12.7. The Bertz CT molecular complexity index is 510. The summed E-state index contributed by atoms with van der Waals surface area (Å²) in [5.74, 6) is 0.842. The summed E-state index contributed by atoms with van der Waals surface area (Å²) in [6.07, 6.45) is 0.530. The number of carbonyl (C=O) groups is 1. The maximum absolute atomic E-state index is 11.6. The fourth-order valence-electron chi connectivity index (χ4n) is 2.21. The van der Waals surface area contributed by atoms with Gasteiger partial charge in [-0.1, -0.05) is 11.6 Å². The highest BCUT2D eigenvalue weighted by Crippen LogP contribution is 2.50. The van der Waals surface area contributed by atoms with Crippen LogP contribution in [0.2, 0.25) is 5.02 Å². The van der Waals surface area contributed by atoms with Crippen LogP contribution in [0, 0.1) is 5.92 Å². The summed E-state index contributed by atoms with van der Waals surface area (Å²) in [6, 6.07) is 5.06. The smallest absolute Gasteiger partial charge is 0.407 e. The second-order valence-electron chi connectivity index (χ2n) is 6.19. The molecular formula is C15H20ClNO3. The van der Waals surface area contributed by atoms with E-state index in [1.165, 1.54) is 0 Å². The monoisotopic (exact) mass is 297 g/mol. The molecule has 0 saturated heterocycles. The van der Waals surface area contributed by atoms with Gasteiger partial charge in [-0.3, -0.25) is 0 Å². The van der Waals surface area contributed by atoms with Gasteiger partial charge in [-0.05, 0) is 62.8 Å². The van der Waals surface area contributed by atoms with Gasteiger partial charge in [0, 0.05) is 11.6 Å². The van der Waals surface area contributed by atoms with Gasteiger partial charge in [0.05, 0.1) is 0 Å². The Labute approximate surface area is 124 Å². The first kappa shape index (κ1) is 15.0. The van der Waals surface area contributed by atoms with E-state index in [1.54, 1.807) is 18.2 Å². The van der Waals surface area contributed by atoms with Gasteiger partial charge in [0.2, 0.25) is 0 Å². The lowest BCUT2D eigenvalue weighted by Gasteiger charge is -2.19. The number of halogens is 1. The summed E-state index contributed by atoms with van der Waals surface area (Å²) >= 11 is 5.94. The molecule has 5 heteroatoms. The molecule has 1 aromatic carbocycles. The van der Waals surface area contributed by atoms with Crippen molar-refractivity contribution in [3.8, 4) is 5.75 Å². The number of nitrogens with one attached hydrogen (secondary N) is 1. The van der Waals surface area contributed by atoms with E-state index in [0.717, 1.165) is 12.0 Å². The standard InChI is InChI=1S/C15H20ClNO3/c1-15(2,3)20-14(19)17-8-9-6-11(9)12-7-10(16)4-5-13(12)18/h4-5,7,9,11,18H,6,8H2,1-3H3,(H,17,19)/t9-,11+/m0/s1. The first-order valence-corrected chi connectivity index (χ1v) is 7.09. The number of phenolic OH excluding ortho intramolecular Hbond substituents is 1. The van der Waals surface area contributed by atoms with Gasteiger partial charge >= 0.3 is 6.09 Å². The number of alkyl carbamates (subject to hydrolysis) is 1. The highest BCUT2D eigenvalue weighted by molar-refractivity contribution is 6.30. The van der Waals surface area contributed by atoms with E-state index in [2.05, 4.69) is 5.32 Å². The van der Waals surface area contributed by atoms with Crippen molar-refractivity contribution in [1.82, 2.24) is 5.32 Å². The number of amides is 1. The van der Waals surface area contributed by atoms with Crippen LogP contribution in [0.1, 0.15) is 38.7 Å². The molecule has 2 rings (SSSR count). The van der Waals surface area contributed by atoms with Crippen LogP contribution in [-0.2, 0) is 4.74 Å². The van der Waals surface area contributed by atoms with E-state index in [-0.39, 0.29) is 11.7 Å². The minimum atomic E-state index is -0.488. The molecule has 1 fully saturated rings. The number of carbonyl (C=O) groups excluding carboxylic acids is 1. The van der Waals surface area contributed by atoms with Crippen molar-refractivity contribution >= 4 is 17.7 Å². The van der Waals surface area contributed by atoms with Crippen molar-refractivity contribution in [1.29, 1.82) is 0 Å². The average Bonchev–Trinajstić information content (AvgIpc) is 3.07. The van der Waals surface area contributed by atoms with Crippen LogP contribution in [0.3, 0.4) is 0 Å². The first-order chi connectivity index (χ1) is 9.26. The van der Waals surface area contributed by atoms with Crippen molar-refractivity contribution in [2.45, 2.75) is 38.7 Å². The zero-order valence-electron chi connectivity index (χ0n) is 11.9. The number of ether oxygens (including phenoxy) is 1. The summed E-state index contributed by atoms with van der Waals surface area (Å²) in [5, 5.41) is 13.2. The van der Waals surface area contributed by atoms with Crippen molar-refractivity contribution in [3.05, 3.63) is 28.8 Å². The minimum Gasteiger partial charge on any atom is -0.508 e. The molecule has 0 unspecified atom stereocenters. The third-order valence-corrected chi connectivity index (χ3v) is 3.45. The SMILES string of the molecule is CC(C)(C)OC(=O)NC[C@@H]1C[C@H]1c1cc(Cl)ccc1O. The van der Waals surface area contributed by atoms with Crippen LogP contribution in [0.25, 0.3) is 0 Å². The number of rotatable bonds is 3. The highest BCUT2D eigenvalue weighted by atomic mass is 35.5. The normalized spacial score (nSPS) is 21.4. The maximum atomic E-state index is 11.6. The molecule has 2 N–H and O–H groups in total. The third-order valence-electron chi connectivity index (χ3n) is 3.22. The van der Waals surface area contributed by atoms with E-state index in [9.17, 15) is 9.90 Å². The van der Waals surface area contributed by atoms with E-state index in [1.807, 2.05) is 20.8 Å². The molecule has 0 heterocycles. The predicted octanol–water partition coefficient (Wildman–Crippen LogP) is 3.67.